The molecule has 0 aromatic heterocycles. The van der Waals surface area contributed by atoms with Crippen molar-refractivity contribution < 1.29 is 14.3 Å². The van der Waals surface area contributed by atoms with Crippen molar-refractivity contribution in [3.05, 3.63) is 35.4 Å². The number of carbonyl (C=O) groups excluding carboxylic acids is 2. The summed E-state index contributed by atoms with van der Waals surface area (Å²) in [7, 11) is 1.61. The summed E-state index contributed by atoms with van der Waals surface area (Å²) in [6.45, 7) is 4.27. The molecule has 0 aliphatic rings. The molecule has 0 heterocycles. The predicted molar refractivity (Wildman–Crippen MR) is 72.3 cm³/mol. The number of nitrogens with two attached hydrogens (primary N) is 1. The highest BCUT2D eigenvalue weighted by Gasteiger charge is 2.26. The third-order valence-electron chi connectivity index (χ3n) is 2.69. The van der Waals surface area contributed by atoms with Crippen LogP contribution in [0.4, 0.5) is 0 Å². The standard InChI is InChI=1S/C14H20N2O3/c1-4-19-14(18)12(15)13(17)16(3)9-11-7-5-6-10(2)8-11/h5-8,12H,4,9,15H2,1-3H3. The zero-order valence-electron chi connectivity index (χ0n) is 11.6. The second kappa shape index (κ2) is 6.89. The fraction of sp³-hybridized carbons (Fsp3) is 0.429. The Balaban J connectivity index is 2.64. The molecule has 0 aliphatic heterocycles. The van der Waals surface area contributed by atoms with E-state index in [1.165, 1.54) is 4.90 Å². The summed E-state index contributed by atoms with van der Waals surface area (Å²) < 4.78 is 4.73. The smallest absolute Gasteiger partial charge is 0.332 e. The number of hydrogen-bond donors (Lipinski definition) is 1. The van der Waals surface area contributed by atoms with Crippen molar-refractivity contribution in [1.29, 1.82) is 0 Å². The van der Waals surface area contributed by atoms with E-state index in [4.69, 9.17) is 10.5 Å². The largest absolute Gasteiger partial charge is 0.464 e. The van der Waals surface area contributed by atoms with Crippen molar-refractivity contribution in [2.75, 3.05) is 13.7 Å². The van der Waals surface area contributed by atoms with Gasteiger partial charge in [-0.2, -0.15) is 0 Å². The van der Waals surface area contributed by atoms with Crippen LogP contribution in [0.25, 0.3) is 0 Å². The van der Waals surface area contributed by atoms with Crippen molar-refractivity contribution in [2.45, 2.75) is 26.4 Å². The first kappa shape index (κ1) is 15.2. The molecule has 0 saturated carbocycles. The minimum absolute atomic E-state index is 0.210. The third kappa shape index (κ3) is 4.37. The lowest BCUT2D eigenvalue weighted by Crippen LogP contribution is -2.47. The first-order chi connectivity index (χ1) is 8.95. The van der Waals surface area contributed by atoms with Gasteiger partial charge in [0.1, 0.15) is 0 Å². The monoisotopic (exact) mass is 264 g/mol. The molecule has 19 heavy (non-hydrogen) atoms. The molecule has 0 aliphatic carbocycles. The molecular weight excluding hydrogens is 244 g/mol. The Morgan fingerprint density at radius 3 is 2.68 bits per heavy atom. The molecule has 5 nitrogen and oxygen atoms in total. The quantitative estimate of drug-likeness (QED) is 0.632. The van der Waals surface area contributed by atoms with E-state index in [0.29, 0.717) is 6.54 Å². The van der Waals surface area contributed by atoms with E-state index in [9.17, 15) is 9.59 Å². The van der Waals surface area contributed by atoms with Crippen LogP contribution in [0.2, 0.25) is 0 Å². The molecule has 0 saturated heterocycles. The van der Waals surface area contributed by atoms with E-state index < -0.39 is 17.9 Å². The van der Waals surface area contributed by atoms with Gasteiger partial charge in [-0.05, 0) is 19.4 Å². The Labute approximate surface area is 113 Å². The van der Waals surface area contributed by atoms with Gasteiger partial charge in [0.25, 0.3) is 5.91 Å². The summed E-state index contributed by atoms with van der Waals surface area (Å²) in [5.41, 5.74) is 7.68. The zero-order valence-corrected chi connectivity index (χ0v) is 11.6. The molecule has 0 fully saturated rings. The second-order valence-corrected chi connectivity index (χ2v) is 4.41. The fourth-order valence-corrected chi connectivity index (χ4v) is 1.73. The van der Waals surface area contributed by atoms with Crippen LogP contribution in [0.1, 0.15) is 18.1 Å². The van der Waals surface area contributed by atoms with Gasteiger partial charge in [0.05, 0.1) is 6.61 Å². The van der Waals surface area contributed by atoms with E-state index >= 15 is 0 Å². The van der Waals surface area contributed by atoms with Crippen molar-refractivity contribution in [1.82, 2.24) is 4.90 Å². The lowest BCUT2D eigenvalue weighted by Gasteiger charge is -2.20. The van der Waals surface area contributed by atoms with Gasteiger partial charge < -0.3 is 15.4 Å². The Bertz CT molecular complexity index is 460. The summed E-state index contributed by atoms with van der Waals surface area (Å²) in [6, 6.07) is 6.56. The average Bonchev–Trinajstić information content (AvgIpc) is 2.37. The molecule has 104 valence electrons. The van der Waals surface area contributed by atoms with Crippen molar-refractivity contribution in [3.63, 3.8) is 0 Å². The number of amides is 1. The number of likely N-dealkylation sites (N-methyl/N-ethyl adjacent to an activating group) is 1. The molecule has 1 amide bonds. The van der Waals surface area contributed by atoms with E-state index in [0.717, 1.165) is 11.1 Å². The number of benzene rings is 1. The van der Waals surface area contributed by atoms with Gasteiger partial charge >= 0.3 is 5.97 Å². The van der Waals surface area contributed by atoms with Crippen LogP contribution in [0.15, 0.2) is 24.3 Å². The van der Waals surface area contributed by atoms with Gasteiger partial charge in [0.2, 0.25) is 0 Å². The first-order valence-corrected chi connectivity index (χ1v) is 6.18. The summed E-state index contributed by atoms with van der Waals surface area (Å²) in [5, 5.41) is 0. The molecule has 2 N–H and O–H groups in total. The van der Waals surface area contributed by atoms with Crippen LogP contribution in [-0.4, -0.2) is 36.5 Å². The number of nitrogens with zero attached hydrogens (tertiary/aromatic N) is 1. The SMILES string of the molecule is CCOC(=O)C(N)C(=O)N(C)Cc1cccc(C)c1. The Kier molecular flexibility index (Phi) is 5.51. The van der Waals surface area contributed by atoms with Gasteiger partial charge in [-0.1, -0.05) is 29.8 Å². The van der Waals surface area contributed by atoms with E-state index in [1.54, 1.807) is 14.0 Å². The van der Waals surface area contributed by atoms with Crippen molar-refractivity contribution >= 4 is 11.9 Å². The highest BCUT2D eigenvalue weighted by atomic mass is 16.5. The molecular formula is C14H20N2O3. The normalized spacial score (nSPS) is 11.8. The van der Waals surface area contributed by atoms with Crippen molar-refractivity contribution in [2.24, 2.45) is 5.73 Å². The van der Waals surface area contributed by atoms with Crippen molar-refractivity contribution in [3.8, 4) is 0 Å². The number of ether oxygens (including phenoxy) is 1. The average molecular weight is 264 g/mol. The minimum atomic E-state index is -1.25. The maximum Gasteiger partial charge on any atom is 0.332 e. The summed E-state index contributed by atoms with van der Waals surface area (Å²) >= 11 is 0. The first-order valence-electron chi connectivity index (χ1n) is 6.18. The van der Waals surface area contributed by atoms with Crippen LogP contribution in [0, 0.1) is 6.92 Å². The van der Waals surface area contributed by atoms with E-state index in [-0.39, 0.29) is 6.61 Å². The second-order valence-electron chi connectivity index (χ2n) is 4.41. The maximum atomic E-state index is 11.9. The summed E-state index contributed by atoms with van der Waals surface area (Å²) in [5.74, 6) is -1.14. The number of aryl methyl sites for hydroxylation is 1. The minimum Gasteiger partial charge on any atom is -0.464 e. The van der Waals surface area contributed by atoms with Gasteiger partial charge in [0.15, 0.2) is 6.04 Å². The molecule has 1 rings (SSSR count). The maximum absolute atomic E-state index is 11.9. The Morgan fingerprint density at radius 1 is 1.42 bits per heavy atom. The van der Waals surface area contributed by atoms with Gasteiger partial charge in [-0.25, -0.2) is 4.79 Å². The lowest BCUT2D eigenvalue weighted by molar-refractivity contribution is -0.150. The van der Waals surface area contributed by atoms with Crippen LogP contribution in [0.5, 0.6) is 0 Å². The number of esters is 1. The summed E-state index contributed by atoms with van der Waals surface area (Å²) in [4.78, 5) is 24.8. The topological polar surface area (TPSA) is 72.6 Å². The number of hydrogen-bond acceptors (Lipinski definition) is 4. The van der Waals surface area contributed by atoms with Crippen LogP contribution < -0.4 is 5.73 Å². The Morgan fingerprint density at radius 2 is 2.11 bits per heavy atom. The molecule has 5 heteroatoms. The van der Waals surface area contributed by atoms with Crippen LogP contribution >= 0.6 is 0 Å². The molecule has 1 aromatic carbocycles. The van der Waals surface area contributed by atoms with Gasteiger partial charge in [0, 0.05) is 13.6 Å². The highest BCUT2D eigenvalue weighted by Crippen LogP contribution is 2.07. The Hall–Kier alpha value is -1.88. The predicted octanol–water partition coefficient (Wildman–Crippen LogP) is 0.844. The number of carbonyl (C=O) groups is 2. The van der Waals surface area contributed by atoms with Gasteiger partial charge in [-0.3, -0.25) is 4.79 Å². The summed E-state index contributed by atoms with van der Waals surface area (Å²) in [6.07, 6.45) is 0. The molecule has 0 radical (unpaired) electrons. The van der Waals surface area contributed by atoms with E-state index in [2.05, 4.69) is 0 Å². The van der Waals surface area contributed by atoms with E-state index in [1.807, 2.05) is 31.2 Å². The molecule has 0 bridgehead atoms. The molecule has 1 unspecified atom stereocenters. The fourth-order valence-electron chi connectivity index (χ4n) is 1.73. The molecule has 1 aromatic rings. The van der Waals surface area contributed by atoms with Crippen LogP contribution in [0.3, 0.4) is 0 Å². The van der Waals surface area contributed by atoms with Crippen LogP contribution in [-0.2, 0) is 20.9 Å². The lowest BCUT2D eigenvalue weighted by atomic mass is 10.1. The number of rotatable bonds is 5. The molecule has 1 atom stereocenters. The zero-order chi connectivity index (χ0) is 14.4. The third-order valence-corrected chi connectivity index (χ3v) is 2.69. The van der Waals surface area contributed by atoms with Gasteiger partial charge in [-0.15, -0.1) is 0 Å². The molecule has 0 spiro atoms. The highest BCUT2D eigenvalue weighted by molar-refractivity contribution is 6.01.